The third-order valence-corrected chi connectivity index (χ3v) is 11.0. The minimum Gasteiger partial charge on any atom is -0.310 e. The highest BCUT2D eigenvalue weighted by molar-refractivity contribution is 9.10. The molecule has 0 heterocycles. The molecule has 0 aromatic heterocycles. The van der Waals surface area contributed by atoms with Gasteiger partial charge in [0.15, 0.2) is 0 Å². The maximum absolute atomic E-state index is 3.64. The first-order valence-corrected chi connectivity index (χ1v) is 19.7. The number of nitrogens with zero attached hydrogens (tertiary/aromatic N) is 2. The van der Waals surface area contributed by atoms with Gasteiger partial charge < -0.3 is 9.80 Å². The van der Waals surface area contributed by atoms with Crippen LogP contribution in [-0.2, 0) is 10.8 Å². The van der Waals surface area contributed by atoms with Crippen LogP contribution < -0.4 is 9.80 Å². The predicted molar refractivity (Wildman–Crippen MR) is 233 cm³/mol. The number of rotatable bonds is 7. The van der Waals surface area contributed by atoms with Crippen LogP contribution in [0.2, 0.25) is 0 Å². The van der Waals surface area contributed by atoms with Gasteiger partial charge in [0.05, 0.1) is 11.4 Å². The molecule has 0 saturated carbocycles. The van der Waals surface area contributed by atoms with Crippen LogP contribution in [0.4, 0.5) is 34.1 Å². The maximum atomic E-state index is 3.64. The molecule has 6 rings (SSSR count). The molecule has 0 unspecified atom stereocenters. The van der Waals surface area contributed by atoms with Crippen molar-refractivity contribution < 1.29 is 0 Å². The SMILES string of the molecule is Cc1cc(C(C)(C)C)cc(C)c1N(c1ccc(Br)cc1)c1ccc(-c2ccc(N(c3ccc(Br)cc3)c3c(C)cc(C(C)(C)C)cc3C)cc2)cc1. The molecule has 6 aromatic rings. The summed E-state index contributed by atoms with van der Waals surface area (Å²) >= 11 is 7.28. The molecule has 0 bridgehead atoms. The van der Waals surface area contributed by atoms with Crippen LogP contribution in [0, 0.1) is 27.7 Å². The number of benzene rings is 6. The van der Waals surface area contributed by atoms with E-state index in [-0.39, 0.29) is 10.8 Å². The van der Waals surface area contributed by atoms with E-state index < -0.39 is 0 Å². The second kappa shape index (κ2) is 14.7. The Kier molecular flexibility index (Phi) is 10.7. The van der Waals surface area contributed by atoms with Crippen LogP contribution >= 0.6 is 31.9 Å². The molecule has 2 nitrogen and oxygen atoms in total. The summed E-state index contributed by atoms with van der Waals surface area (Å²) in [6.07, 6.45) is 0. The Bertz CT molecular complexity index is 1980. The molecule has 6 aromatic carbocycles. The van der Waals surface area contributed by atoms with Crippen molar-refractivity contribution in [1.82, 2.24) is 0 Å². The summed E-state index contributed by atoms with van der Waals surface area (Å²) in [6.45, 7) is 22.6. The van der Waals surface area contributed by atoms with Crippen molar-refractivity contribution in [1.29, 1.82) is 0 Å². The summed E-state index contributed by atoms with van der Waals surface area (Å²) in [5.41, 5.74) is 17.3. The van der Waals surface area contributed by atoms with E-state index in [2.05, 4.69) is 232 Å². The Labute approximate surface area is 328 Å². The van der Waals surface area contributed by atoms with Crippen molar-refractivity contribution in [3.8, 4) is 11.1 Å². The summed E-state index contributed by atoms with van der Waals surface area (Å²) in [6, 6.07) is 44.6. The second-order valence-electron chi connectivity index (χ2n) is 16.1. The molecular weight excluding hydrogens is 764 g/mol. The highest BCUT2D eigenvalue weighted by Crippen LogP contribution is 2.43. The van der Waals surface area contributed by atoms with Gasteiger partial charge in [-0.25, -0.2) is 0 Å². The van der Waals surface area contributed by atoms with E-state index in [1.807, 2.05) is 0 Å². The van der Waals surface area contributed by atoms with E-state index in [0.29, 0.717) is 0 Å². The van der Waals surface area contributed by atoms with Gasteiger partial charge in [0.25, 0.3) is 0 Å². The first kappa shape index (κ1) is 37.6. The van der Waals surface area contributed by atoms with Crippen LogP contribution in [0.1, 0.15) is 74.9 Å². The zero-order valence-corrected chi connectivity index (χ0v) is 35.4. The van der Waals surface area contributed by atoms with E-state index in [9.17, 15) is 0 Å². The van der Waals surface area contributed by atoms with E-state index in [1.54, 1.807) is 0 Å². The summed E-state index contributed by atoms with van der Waals surface area (Å²) in [5.74, 6) is 0. The lowest BCUT2D eigenvalue weighted by molar-refractivity contribution is 0.589. The Balaban J connectivity index is 1.38. The Morgan fingerprint density at radius 2 is 0.596 bits per heavy atom. The molecule has 52 heavy (non-hydrogen) atoms. The summed E-state index contributed by atoms with van der Waals surface area (Å²) in [4.78, 5) is 4.78. The molecule has 0 aliphatic heterocycles. The number of hydrogen-bond acceptors (Lipinski definition) is 2. The van der Waals surface area contributed by atoms with Crippen LogP contribution in [0.5, 0.6) is 0 Å². The monoisotopic (exact) mass is 812 g/mol. The molecule has 0 amide bonds. The number of hydrogen-bond donors (Lipinski definition) is 0. The standard InChI is InChI=1S/C48H50Br2N2/c1-31-27-37(47(5,6)7)28-32(2)45(31)51(43-23-15-39(49)16-24-43)41-19-11-35(12-20-41)36-13-21-42(22-14-36)52(44-25-17-40(50)18-26-44)46-33(3)29-38(30-34(46)4)48(8,9)10/h11-30H,1-10H3. The normalized spacial score (nSPS) is 11.8. The van der Waals surface area contributed by atoms with Crippen LogP contribution in [-0.4, -0.2) is 0 Å². The Morgan fingerprint density at radius 3 is 0.827 bits per heavy atom. The van der Waals surface area contributed by atoms with Crippen molar-refractivity contribution in [3.05, 3.63) is 164 Å². The van der Waals surface area contributed by atoms with E-state index in [4.69, 9.17) is 0 Å². The van der Waals surface area contributed by atoms with Crippen molar-refractivity contribution in [2.24, 2.45) is 0 Å². The molecular formula is C48H50Br2N2. The lowest BCUT2D eigenvalue weighted by atomic mass is 9.84. The molecule has 0 spiro atoms. The summed E-state index contributed by atoms with van der Waals surface area (Å²) in [5, 5.41) is 0. The molecule has 0 fully saturated rings. The topological polar surface area (TPSA) is 6.48 Å². The summed E-state index contributed by atoms with van der Waals surface area (Å²) in [7, 11) is 0. The van der Waals surface area contributed by atoms with Crippen LogP contribution in [0.25, 0.3) is 11.1 Å². The van der Waals surface area contributed by atoms with Gasteiger partial charge in [-0.1, -0.05) is 122 Å². The van der Waals surface area contributed by atoms with Crippen molar-refractivity contribution in [2.45, 2.75) is 80.1 Å². The third kappa shape index (κ3) is 7.94. The highest BCUT2D eigenvalue weighted by Gasteiger charge is 2.23. The maximum Gasteiger partial charge on any atom is 0.0520 e. The fourth-order valence-electron chi connectivity index (χ4n) is 7.08. The quantitative estimate of drug-likeness (QED) is 0.158. The third-order valence-electron chi connectivity index (χ3n) is 9.92. The first-order chi connectivity index (χ1) is 24.5. The zero-order valence-electron chi connectivity index (χ0n) is 32.2. The molecule has 266 valence electrons. The lowest BCUT2D eigenvalue weighted by Gasteiger charge is -2.31. The van der Waals surface area contributed by atoms with Gasteiger partial charge in [-0.05, 0) is 156 Å². The molecule has 0 radical (unpaired) electrons. The molecule has 0 atom stereocenters. The number of halogens is 2. The smallest absolute Gasteiger partial charge is 0.0520 e. The minimum absolute atomic E-state index is 0.0809. The van der Waals surface area contributed by atoms with Crippen molar-refractivity contribution in [2.75, 3.05) is 9.80 Å². The van der Waals surface area contributed by atoms with Gasteiger partial charge in [0.2, 0.25) is 0 Å². The second-order valence-corrected chi connectivity index (χ2v) is 18.0. The van der Waals surface area contributed by atoms with Gasteiger partial charge >= 0.3 is 0 Å². The fraction of sp³-hybridized carbons (Fsp3) is 0.250. The molecule has 0 N–H and O–H groups in total. The van der Waals surface area contributed by atoms with Crippen LogP contribution in [0.15, 0.2) is 130 Å². The summed E-state index contributed by atoms with van der Waals surface area (Å²) < 4.78 is 2.13. The number of aryl methyl sites for hydroxylation is 4. The molecule has 0 aliphatic rings. The van der Waals surface area contributed by atoms with Gasteiger partial charge in [0, 0.05) is 31.7 Å². The first-order valence-electron chi connectivity index (χ1n) is 18.1. The number of anilines is 6. The average molecular weight is 815 g/mol. The zero-order chi connectivity index (χ0) is 37.5. The molecule has 4 heteroatoms. The van der Waals surface area contributed by atoms with Crippen LogP contribution in [0.3, 0.4) is 0 Å². The Hall–Kier alpha value is -4.12. The van der Waals surface area contributed by atoms with Crippen molar-refractivity contribution >= 4 is 66.0 Å². The minimum atomic E-state index is 0.0809. The van der Waals surface area contributed by atoms with Gasteiger partial charge in [0.1, 0.15) is 0 Å². The van der Waals surface area contributed by atoms with Gasteiger partial charge in [-0.15, -0.1) is 0 Å². The van der Waals surface area contributed by atoms with E-state index in [0.717, 1.165) is 31.7 Å². The lowest BCUT2D eigenvalue weighted by Crippen LogP contribution is -2.16. The van der Waals surface area contributed by atoms with E-state index in [1.165, 1.54) is 55.9 Å². The Morgan fingerprint density at radius 1 is 0.365 bits per heavy atom. The van der Waals surface area contributed by atoms with Gasteiger partial charge in [-0.3, -0.25) is 0 Å². The van der Waals surface area contributed by atoms with Crippen molar-refractivity contribution in [3.63, 3.8) is 0 Å². The molecule has 0 saturated heterocycles. The van der Waals surface area contributed by atoms with E-state index >= 15 is 0 Å². The predicted octanol–water partition coefficient (Wildman–Crippen LogP) is 15.6. The average Bonchev–Trinajstić information content (AvgIpc) is 3.08. The largest absolute Gasteiger partial charge is 0.310 e. The fourth-order valence-corrected chi connectivity index (χ4v) is 7.61. The van der Waals surface area contributed by atoms with Gasteiger partial charge in [-0.2, -0.15) is 0 Å². The molecule has 0 aliphatic carbocycles. The highest BCUT2D eigenvalue weighted by atomic mass is 79.9.